The van der Waals surface area contributed by atoms with Crippen LogP contribution in [0, 0.1) is 6.92 Å². The average Bonchev–Trinajstić information content (AvgIpc) is 3.29. The topological polar surface area (TPSA) is 87.0 Å². The molecule has 7 nitrogen and oxygen atoms in total. The summed E-state index contributed by atoms with van der Waals surface area (Å²) in [6.45, 7) is 5.91. The van der Waals surface area contributed by atoms with E-state index in [9.17, 15) is 14.4 Å². The molecule has 40 heavy (non-hydrogen) atoms. The third-order valence-electron chi connectivity index (χ3n) is 6.94. The van der Waals surface area contributed by atoms with Crippen molar-refractivity contribution < 1.29 is 24.0 Å². The van der Waals surface area contributed by atoms with Crippen molar-refractivity contribution in [2.45, 2.75) is 27.3 Å². The Morgan fingerprint density at radius 1 is 0.800 bits per heavy atom. The molecule has 0 fully saturated rings. The number of benzene rings is 4. The molecular formula is C33H28N2O5. The Labute approximate surface area is 231 Å². The summed E-state index contributed by atoms with van der Waals surface area (Å²) in [6, 6.07) is 25.4. The zero-order valence-electron chi connectivity index (χ0n) is 22.7. The molecule has 0 aliphatic rings. The molecule has 0 saturated carbocycles. The molecule has 0 spiro atoms. The highest BCUT2D eigenvalue weighted by Crippen LogP contribution is 2.32. The molecule has 0 bridgehead atoms. The second kappa shape index (κ2) is 11.0. The molecule has 0 aliphatic carbocycles. The minimum atomic E-state index is -0.633. The summed E-state index contributed by atoms with van der Waals surface area (Å²) in [4.78, 5) is 43.5. The van der Waals surface area contributed by atoms with E-state index in [2.05, 4.69) is 16.6 Å². The molecule has 7 heteroatoms. The summed E-state index contributed by atoms with van der Waals surface area (Å²) in [5.74, 6) is -0.475. The van der Waals surface area contributed by atoms with E-state index >= 15 is 0 Å². The van der Waals surface area contributed by atoms with E-state index in [1.165, 1.54) is 6.92 Å². The average molecular weight is 533 g/mol. The highest BCUT2D eigenvalue weighted by atomic mass is 16.7. The molecule has 0 N–H and O–H groups in total. The quantitative estimate of drug-likeness (QED) is 0.0984. The van der Waals surface area contributed by atoms with Crippen LogP contribution in [0.5, 0.6) is 5.75 Å². The fraction of sp³-hybridized carbons (Fsp3) is 0.152. The van der Waals surface area contributed by atoms with Gasteiger partial charge in [-0.15, -0.1) is 0 Å². The molecule has 0 radical (unpaired) electrons. The van der Waals surface area contributed by atoms with Crippen molar-refractivity contribution >= 4 is 45.1 Å². The van der Waals surface area contributed by atoms with Gasteiger partial charge >= 0.3 is 5.97 Å². The van der Waals surface area contributed by atoms with Gasteiger partial charge in [0.2, 0.25) is 5.78 Å². The smallest absolute Gasteiger partial charge is 0.332 e. The summed E-state index contributed by atoms with van der Waals surface area (Å²) >= 11 is 0. The molecule has 0 aliphatic heterocycles. The second-order valence-corrected chi connectivity index (χ2v) is 9.43. The Balaban J connectivity index is 1.63. The number of ketones is 2. The highest BCUT2D eigenvalue weighted by Gasteiger charge is 2.21. The van der Waals surface area contributed by atoms with Crippen LogP contribution < -0.4 is 4.74 Å². The lowest BCUT2D eigenvalue weighted by Gasteiger charge is -2.08. The van der Waals surface area contributed by atoms with E-state index in [0.29, 0.717) is 34.5 Å². The molecule has 4 aromatic carbocycles. The molecule has 5 rings (SSSR count). The zero-order valence-corrected chi connectivity index (χ0v) is 22.7. The van der Waals surface area contributed by atoms with Crippen molar-refractivity contribution in [3.8, 4) is 5.75 Å². The Morgan fingerprint density at radius 2 is 1.40 bits per heavy atom. The van der Waals surface area contributed by atoms with Gasteiger partial charge in [0.25, 0.3) is 0 Å². The van der Waals surface area contributed by atoms with Gasteiger partial charge in [0.1, 0.15) is 5.75 Å². The van der Waals surface area contributed by atoms with Crippen LogP contribution in [0.2, 0.25) is 0 Å². The number of ether oxygens (including phenoxy) is 1. The number of aromatic nitrogens is 1. The molecule has 0 amide bonds. The number of rotatable bonds is 8. The van der Waals surface area contributed by atoms with Gasteiger partial charge in [-0.2, -0.15) is 0 Å². The van der Waals surface area contributed by atoms with Crippen LogP contribution in [0.3, 0.4) is 0 Å². The third-order valence-corrected chi connectivity index (χ3v) is 6.94. The Bertz CT molecular complexity index is 1810. The first-order valence-corrected chi connectivity index (χ1v) is 12.9. The Hall–Kier alpha value is -5.04. The Morgan fingerprint density at radius 3 is 2.00 bits per heavy atom. The van der Waals surface area contributed by atoms with Gasteiger partial charge < -0.3 is 14.1 Å². The number of oxime groups is 1. The van der Waals surface area contributed by atoms with Gasteiger partial charge in [-0.05, 0) is 80.1 Å². The van der Waals surface area contributed by atoms with E-state index in [1.807, 2.05) is 55.5 Å². The number of fused-ring (bicyclic) bond motifs is 3. The number of Topliss-reactive ketones (excluding diaryl/α,β-unsaturated/α-hetero) is 1. The molecule has 0 saturated heterocycles. The predicted octanol–water partition coefficient (Wildman–Crippen LogP) is 6.51. The molecule has 0 unspecified atom stereocenters. The number of hydrogen-bond donors (Lipinski definition) is 0. The van der Waals surface area contributed by atoms with Crippen molar-refractivity contribution in [2.24, 2.45) is 5.16 Å². The standard InChI is InChI=1S/C33H28N2O5/c1-5-35-29-16-12-23(32(37)26-9-7-6-8-20(26)2)18-27(29)28-19-24(13-17-30(28)35)33(38)31(34-40-21(3)36)22-10-14-25(39-4)15-11-22/h6-19H,5H2,1-4H3. The van der Waals surface area contributed by atoms with Crippen molar-refractivity contribution in [1.29, 1.82) is 0 Å². The van der Waals surface area contributed by atoms with Crippen LogP contribution in [-0.2, 0) is 16.2 Å². The number of carbonyl (C=O) groups excluding carboxylic acids is 3. The van der Waals surface area contributed by atoms with Crippen LogP contribution >= 0.6 is 0 Å². The van der Waals surface area contributed by atoms with Crippen molar-refractivity contribution in [3.05, 3.63) is 113 Å². The maximum absolute atomic E-state index is 13.8. The van der Waals surface area contributed by atoms with E-state index < -0.39 is 11.8 Å². The molecular weight excluding hydrogens is 504 g/mol. The van der Waals surface area contributed by atoms with Crippen LogP contribution in [0.4, 0.5) is 0 Å². The fourth-order valence-corrected chi connectivity index (χ4v) is 4.93. The van der Waals surface area contributed by atoms with Gasteiger partial charge in [-0.25, -0.2) is 4.79 Å². The largest absolute Gasteiger partial charge is 0.497 e. The number of carbonyl (C=O) groups is 3. The first-order valence-electron chi connectivity index (χ1n) is 12.9. The molecule has 1 heterocycles. The van der Waals surface area contributed by atoms with Gasteiger partial charge in [0.05, 0.1) is 7.11 Å². The first kappa shape index (κ1) is 26.6. The van der Waals surface area contributed by atoms with Gasteiger partial charge in [-0.3, -0.25) is 9.59 Å². The van der Waals surface area contributed by atoms with Gasteiger partial charge in [0, 0.05) is 57.5 Å². The summed E-state index contributed by atoms with van der Waals surface area (Å²) in [5.41, 5.74) is 4.90. The normalized spacial score (nSPS) is 11.6. The third kappa shape index (κ3) is 4.89. The van der Waals surface area contributed by atoms with Crippen LogP contribution in [0.1, 0.15) is 51.3 Å². The summed E-state index contributed by atoms with van der Waals surface area (Å²) in [5, 5.41) is 5.60. The fourth-order valence-electron chi connectivity index (χ4n) is 4.93. The van der Waals surface area contributed by atoms with Crippen LogP contribution in [0.25, 0.3) is 21.8 Å². The lowest BCUT2D eigenvalue weighted by atomic mass is 9.96. The van der Waals surface area contributed by atoms with Crippen molar-refractivity contribution in [1.82, 2.24) is 4.57 Å². The maximum Gasteiger partial charge on any atom is 0.332 e. The summed E-state index contributed by atoms with van der Waals surface area (Å²) in [7, 11) is 1.55. The molecule has 0 atom stereocenters. The lowest BCUT2D eigenvalue weighted by Crippen LogP contribution is -2.17. The molecule has 200 valence electrons. The number of methoxy groups -OCH3 is 1. The van der Waals surface area contributed by atoms with E-state index in [0.717, 1.165) is 27.4 Å². The monoisotopic (exact) mass is 532 g/mol. The minimum absolute atomic E-state index is 0.00754. The van der Waals surface area contributed by atoms with Crippen LogP contribution in [-0.4, -0.2) is 34.9 Å². The van der Waals surface area contributed by atoms with Gasteiger partial charge in [0.15, 0.2) is 11.5 Å². The molecule has 1 aromatic heterocycles. The van der Waals surface area contributed by atoms with Gasteiger partial charge in [-0.1, -0.05) is 29.4 Å². The lowest BCUT2D eigenvalue weighted by molar-refractivity contribution is -0.140. The van der Waals surface area contributed by atoms with E-state index in [-0.39, 0.29) is 11.5 Å². The maximum atomic E-state index is 13.8. The van der Waals surface area contributed by atoms with E-state index in [1.54, 1.807) is 43.5 Å². The highest BCUT2D eigenvalue weighted by molar-refractivity contribution is 6.51. The zero-order chi connectivity index (χ0) is 28.4. The molecule has 5 aromatic rings. The van der Waals surface area contributed by atoms with E-state index in [4.69, 9.17) is 9.57 Å². The first-order chi connectivity index (χ1) is 19.3. The predicted molar refractivity (Wildman–Crippen MR) is 155 cm³/mol. The Kier molecular flexibility index (Phi) is 7.29. The number of nitrogens with zero attached hydrogens (tertiary/aromatic N) is 2. The summed E-state index contributed by atoms with van der Waals surface area (Å²) < 4.78 is 7.37. The van der Waals surface area contributed by atoms with Crippen molar-refractivity contribution in [3.63, 3.8) is 0 Å². The van der Waals surface area contributed by atoms with Crippen LogP contribution in [0.15, 0.2) is 90.1 Å². The number of aryl methyl sites for hydroxylation is 2. The SMILES string of the molecule is CCn1c2ccc(C(=O)C(=NOC(C)=O)c3ccc(OC)cc3)cc2c2cc(C(=O)c3ccccc3C)ccc21. The number of hydrogen-bond acceptors (Lipinski definition) is 6. The summed E-state index contributed by atoms with van der Waals surface area (Å²) in [6.07, 6.45) is 0. The second-order valence-electron chi connectivity index (χ2n) is 9.43. The van der Waals surface area contributed by atoms with Crippen molar-refractivity contribution in [2.75, 3.05) is 7.11 Å². The minimum Gasteiger partial charge on any atom is -0.497 e.